The lowest BCUT2D eigenvalue weighted by Crippen LogP contribution is -2.40. The van der Waals surface area contributed by atoms with Crippen molar-refractivity contribution in [1.82, 2.24) is 5.32 Å². The molecule has 0 saturated heterocycles. The normalized spacial score (nSPS) is 11.9. The Bertz CT molecular complexity index is 514. The predicted octanol–water partition coefficient (Wildman–Crippen LogP) is 2.95. The van der Waals surface area contributed by atoms with E-state index < -0.39 is 5.97 Å². The van der Waals surface area contributed by atoms with E-state index >= 15 is 0 Å². The molecule has 0 aliphatic rings. The van der Waals surface area contributed by atoms with Crippen molar-refractivity contribution in [3.8, 4) is 5.75 Å². The summed E-state index contributed by atoms with van der Waals surface area (Å²) in [7, 11) is 1.39. The number of carboxylic acids is 1. The zero-order valence-electron chi connectivity index (χ0n) is 12.8. The van der Waals surface area contributed by atoms with Crippen LogP contribution in [0.1, 0.15) is 37.6 Å². The minimum Gasteiger partial charge on any atom is -0.496 e. The van der Waals surface area contributed by atoms with Gasteiger partial charge in [0, 0.05) is 17.8 Å². The van der Waals surface area contributed by atoms with Crippen LogP contribution in [0.4, 0.5) is 10.5 Å². The zero-order valence-corrected chi connectivity index (χ0v) is 12.8. The SMILES string of the molecule is CCC(NC(=O)Nc1ccc(C(=O)O)c(OC)c1)C(C)C. The summed E-state index contributed by atoms with van der Waals surface area (Å²) >= 11 is 0. The molecule has 0 bridgehead atoms. The molecule has 2 amide bonds. The highest BCUT2D eigenvalue weighted by atomic mass is 16.5. The van der Waals surface area contributed by atoms with Crippen molar-refractivity contribution in [1.29, 1.82) is 0 Å². The second kappa shape index (κ2) is 7.52. The van der Waals surface area contributed by atoms with E-state index in [0.717, 1.165) is 6.42 Å². The number of carbonyl (C=O) groups excluding carboxylic acids is 1. The third-order valence-corrected chi connectivity index (χ3v) is 3.25. The predicted molar refractivity (Wildman–Crippen MR) is 81.0 cm³/mol. The summed E-state index contributed by atoms with van der Waals surface area (Å²) in [5.74, 6) is -0.533. The van der Waals surface area contributed by atoms with Crippen LogP contribution in [-0.2, 0) is 0 Å². The van der Waals surface area contributed by atoms with Gasteiger partial charge in [-0.3, -0.25) is 0 Å². The third-order valence-electron chi connectivity index (χ3n) is 3.25. The Balaban J connectivity index is 2.79. The summed E-state index contributed by atoms with van der Waals surface area (Å²) in [5.41, 5.74) is 0.532. The maximum absolute atomic E-state index is 11.9. The van der Waals surface area contributed by atoms with Crippen LogP contribution in [0.2, 0.25) is 0 Å². The van der Waals surface area contributed by atoms with Crippen molar-refractivity contribution in [2.75, 3.05) is 12.4 Å². The molecule has 0 fully saturated rings. The fourth-order valence-electron chi connectivity index (χ4n) is 2.02. The highest BCUT2D eigenvalue weighted by Gasteiger charge is 2.15. The fraction of sp³-hybridized carbons (Fsp3) is 0.467. The van der Waals surface area contributed by atoms with Crippen molar-refractivity contribution in [2.24, 2.45) is 5.92 Å². The largest absolute Gasteiger partial charge is 0.496 e. The molecule has 3 N–H and O–H groups in total. The number of nitrogens with one attached hydrogen (secondary N) is 2. The number of ether oxygens (including phenoxy) is 1. The van der Waals surface area contributed by atoms with E-state index in [1.165, 1.54) is 25.3 Å². The molecule has 1 unspecified atom stereocenters. The molecular weight excluding hydrogens is 272 g/mol. The van der Waals surface area contributed by atoms with Crippen molar-refractivity contribution in [3.05, 3.63) is 23.8 Å². The maximum Gasteiger partial charge on any atom is 0.339 e. The van der Waals surface area contributed by atoms with Crippen LogP contribution in [0.3, 0.4) is 0 Å². The van der Waals surface area contributed by atoms with Gasteiger partial charge in [-0.2, -0.15) is 0 Å². The molecule has 1 aromatic rings. The van der Waals surface area contributed by atoms with Crippen LogP contribution in [0.5, 0.6) is 5.75 Å². The number of carbonyl (C=O) groups is 2. The van der Waals surface area contributed by atoms with Gasteiger partial charge >= 0.3 is 12.0 Å². The topological polar surface area (TPSA) is 87.7 Å². The first-order valence-corrected chi connectivity index (χ1v) is 6.87. The molecule has 21 heavy (non-hydrogen) atoms. The number of aromatic carboxylic acids is 1. The second-order valence-electron chi connectivity index (χ2n) is 5.08. The summed E-state index contributed by atoms with van der Waals surface area (Å²) < 4.78 is 5.02. The molecule has 0 radical (unpaired) electrons. The zero-order chi connectivity index (χ0) is 16.0. The molecule has 0 aliphatic carbocycles. The van der Waals surface area contributed by atoms with Gasteiger partial charge in [0.1, 0.15) is 11.3 Å². The summed E-state index contributed by atoms with van der Waals surface area (Å²) in [4.78, 5) is 22.9. The lowest BCUT2D eigenvalue weighted by atomic mass is 10.0. The Morgan fingerprint density at radius 3 is 2.48 bits per heavy atom. The van der Waals surface area contributed by atoms with Crippen molar-refractivity contribution in [2.45, 2.75) is 33.2 Å². The summed E-state index contributed by atoms with van der Waals surface area (Å²) in [6.45, 7) is 6.09. The molecule has 0 heterocycles. The molecule has 116 valence electrons. The van der Waals surface area contributed by atoms with Crippen molar-refractivity contribution >= 4 is 17.7 Å². The van der Waals surface area contributed by atoms with E-state index in [0.29, 0.717) is 11.6 Å². The minimum absolute atomic E-state index is 0.0528. The Labute approximate surface area is 124 Å². The molecule has 1 rings (SSSR count). The van der Waals surface area contributed by atoms with E-state index in [2.05, 4.69) is 10.6 Å². The second-order valence-corrected chi connectivity index (χ2v) is 5.08. The number of amides is 2. The van der Waals surface area contributed by atoms with Crippen LogP contribution in [0.25, 0.3) is 0 Å². The van der Waals surface area contributed by atoms with Crippen LogP contribution in [0, 0.1) is 5.92 Å². The molecule has 6 heteroatoms. The van der Waals surface area contributed by atoms with Crippen LogP contribution in [0.15, 0.2) is 18.2 Å². The van der Waals surface area contributed by atoms with E-state index in [-0.39, 0.29) is 23.4 Å². The smallest absolute Gasteiger partial charge is 0.339 e. The minimum atomic E-state index is -1.08. The Morgan fingerprint density at radius 1 is 1.33 bits per heavy atom. The lowest BCUT2D eigenvalue weighted by Gasteiger charge is -2.21. The average molecular weight is 294 g/mol. The molecule has 0 aromatic heterocycles. The van der Waals surface area contributed by atoms with E-state index in [1.807, 2.05) is 20.8 Å². The Kier molecular flexibility index (Phi) is 6.02. The summed E-state index contributed by atoms with van der Waals surface area (Å²) in [6.07, 6.45) is 0.840. The molecule has 0 spiro atoms. The number of carboxylic acid groups (broad SMARTS) is 1. The standard InChI is InChI=1S/C15H22N2O4/c1-5-12(9(2)3)17-15(20)16-10-6-7-11(14(18)19)13(8-10)21-4/h6-9,12H,5H2,1-4H3,(H,18,19)(H2,16,17,20). The van der Waals surface area contributed by atoms with Gasteiger partial charge in [-0.1, -0.05) is 20.8 Å². The molecule has 0 aliphatic heterocycles. The summed E-state index contributed by atoms with van der Waals surface area (Å²) in [5, 5.41) is 14.6. The first-order chi connectivity index (χ1) is 9.88. The average Bonchev–Trinajstić information content (AvgIpc) is 2.43. The molecular formula is C15H22N2O4. The van der Waals surface area contributed by atoms with Crippen molar-refractivity contribution < 1.29 is 19.4 Å². The quantitative estimate of drug-likeness (QED) is 0.752. The lowest BCUT2D eigenvalue weighted by molar-refractivity contribution is 0.0693. The van der Waals surface area contributed by atoms with Gasteiger partial charge in [0.2, 0.25) is 0 Å². The Morgan fingerprint density at radius 2 is 2.00 bits per heavy atom. The molecule has 0 saturated carbocycles. The third kappa shape index (κ3) is 4.66. The highest BCUT2D eigenvalue weighted by Crippen LogP contribution is 2.23. The number of anilines is 1. The van der Waals surface area contributed by atoms with Gasteiger partial charge < -0.3 is 20.5 Å². The molecule has 1 aromatic carbocycles. The van der Waals surface area contributed by atoms with Gasteiger partial charge in [-0.15, -0.1) is 0 Å². The fourth-order valence-corrected chi connectivity index (χ4v) is 2.02. The van der Waals surface area contributed by atoms with Gasteiger partial charge in [-0.05, 0) is 24.5 Å². The van der Waals surface area contributed by atoms with Crippen molar-refractivity contribution in [3.63, 3.8) is 0 Å². The first-order valence-electron chi connectivity index (χ1n) is 6.87. The van der Waals surface area contributed by atoms with Gasteiger partial charge in [0.05, 0.1) is 7.11 Å². The molecule has 1 atom stereocenters. The van der Waals surface area contributed by atoms with Crippen LogP contribution in [-0.4, -0.2) is 30.3 Å². The first kappa shape index (κ1) is 16.8. The highest BCUT2D eigenvalue weighted by molar-refractivity contribution is 5.94. The number of methoxy groups -OCH3 is 1. The van der Waals surface area contributed by atoms with Gasteiger partial charge in [-0.25, -0.2) is 9.59 Å². The summed E-state index contributed by atoms with van der Waals surface area (Å²) in [6, 6.07) is 4.18. The number of urea groups is 1. The molecule has 6 nitrogen and oxygen atoms in total. The van der Waals surface area contributed by atoms with Crippen LogP contribution < -0.4 is 15.4 Å². The van der Waals surface area contributed by atoms with E-state index in [1.54, 1.807) is 0 Å². The number of hydrogen-bond donors (Lipinski definition) is 3. The number of benzene rings is 1. The maximum atomic E-state index is 11.9. The van der Waals surface area contributed by atoms with Gasteiger partial charge in [0.25, 0.3) is 0 Å². The van der Waals surface area contributed by atoms with E-state index in [4.69, 9.17) is 9.84 Å². The van der Waals surface area contributed by atoms with Crippen LogP contribution >= 0.6 is 0 Å². The number of rotatable bonds is 6. The number of hydrogen-bond acceptors (Lipinski definition) is 3. The van der Waals surface area contributed by atoms with E-state index in [9.17, 15) is 9.59 Å². The Hall–Kier alpha value is -2.24. The monoisotopic (exact) mass is 294 g/mol. The van der Waals surface area contributed by atoms with Gasteiger partial charge in [0.15, 0.2) is 0 Å².